The Morgan fingerprint density at radius 1 is 1.08 bits per heavy atom. The fraction of sp³-hybridized carbons (Fsp3) is 0.368. The van der Waals surface area contributed by atoms with Gasteiger partial charge in [0.25, 0.3) is 5.91 Å². The highest BCUT2D eigenvalue weighted by molar-refractivity contribution is 7.15. The van der Waals surface area contributed by atoms with Gasteiger partial charge in [-0.05, 0) is 31.5 Å². The molecule has 1 saturated heterocycles. The Hall–Kier alpha value is -1.98. The standard InChI is InChI=1S/C19H22N2O2S/c1-14-5-3-4-6-16(14)13-20-9-11-21(12-10-20)19(23)18-8-7-17(24-18)15(2)22/h3-8H,9-13H2,1-2H3/p+1. The molecule has 0 atom stereocenters. The van der Waals surface area contributed by atoms with Crippen LogP contribution in [0.15, 0.2) is 36.4 Å². The summed E-state index contributed by atoms with van der Waals surface area (Å²) in [5.74, 6) is 0.0778. The van der Waals surface area contributed by atoms with Gasteiger partial charge in [-0.15, -0.1) is 11.3 Å². The van der Waals surface area contributed by atoms with Crippen molar-refractivity contribution in [2.45, 2.75) is 20.4 Å². The molecule has 0 saturated carbocycles. The summed E-state index contributed by atoms with van der Waals surface area (Å²) < 4.78 is 0. The Morgan fingerprint density at radius 3 is 2.38 bits per heavy atom. The normalized spacial score (nSPS) is 15.5. The summed E-state index contributed by atoms with van der Waals surface area (Å²) in [4.78, 5) is 28.7. The van der Waals surface area contributed by atoms with Gasteiger partial charge in [-0.2, -0.15) is 0 Å². The lowest BCUT2D eigenvalue weighted by molar-refractivity contribution is -0.917. The highest BCUT2D eigenvalue weighted by Crippen LogP contribution is 2.19. The molecule has 0 unspecified atom stereocenters. The van der Waals surface area contributed by atoms with Crippen LogP contribution in [0.1, 0.15) is 37.4 Å². The van der Waals surface area contributed by atoms with Crippen molar-refractivity contribution in [1.29, 1.82) is 0 Å². The van der Waals surface area contributed by atoms with E-state index in [1.54, 1.807) is 12.1 Å². The minimum absolute atomic E-state index is 0.0199. The topological polar surface area (TPSA) is 41.8 Å². The Morgan fingerprint density at radius 2 is 1.75 bits per heavy atom. The van der Waals surface area contributed by atoms with Gasteiger partial charge in [0.15, 0.2) is 5.78 Å². The van der Waals surface area contributed by atoms with Crippen LogP contribution in [-0.4, -0.2) is 42.8 Å². The molecule has 2 heterocycles. The lowest BCUT2D eigenvalue weighted by Crippen LogP contribution is -3.13. The second kappa shape index (κ2) is 7.28. The predicted octanol–water partition coefficient (Wildman–Crippen LogP) is 1.80. The Balaban J connectivity index is 1.57. The van der Waals surface area contributed by atoms with Gasteiger partial charge in [0.1, 0.15) is 6.54 Å². The first-order valence-electron chi connectivity index (χ1n) is 8.32. The molecule has 1 N–H and O–H groups in total. The number of Topliss-reactive ketones (excluding diaryl/α,β-unsaturated/α-hetero) is 1. The van der Waals surface area contributed by atoms with E-state index in [4.69, 9.17) is 0 Å². The van der Waals surface area contributed by atoms with Crippen molar-refractivity contribution in [2.24, 2.45) is 0 Å². The molecule has 1 amide bonds. The number of carbonyl (C=O) groups excluding carboxylic acids is 2. The number of amides is 1. The van der Waals surface area contributed by atoms with Crippen molar-refractivity contribution in [3.05, 3.63) is 57.3 Å². The summed E-state index contributed by atoms with van der Waals surface area (Å²) in [6.45, 7) is 8.17. The maximum Gasteiger partial charge on any atom is 0.264 e. The van der Waals surface area contributed by atoms with Crippen LogP contribution in [0.25, 0.3) is 0 Å². The molecule has 0 spiro atoms. The molecule has 1 aliphatic heterocycles. The average Bonchev–Trinajstić information content (AvgIpc) is 3.07. The van der Waals surface area contributed by atoms with Crippen molar-refractivity contribution >= 4 is 23.0 Å². The molecule has 0 aliphatic carbocycles. The third-order valence-electron chi connectivity index (χ3n) is 4.62. The minimum Gasteiger partial charge on any atom is -0.328 e. The molecule has 5 heteroatoms. The van der Waals surface area contributed by atoms with Gasteiger partial charge < -0.3 is 9.80 Å². The summed E-state index contributed by atoms with van der Waals surface area (Å²) in [5, 5.41) is 0. The van der Waals surface area contributed by atoms with Gasteiger partial charge in [-0.25, -0.2) is 0 Å². The van der Waals surface area contributed by atoms with E-state index in [9.17, 15) is 9.59 Å². The zero-order valence-corrected chi connectivity index (χ0v) is 15.0. The molecular weight excluding hydrogens is 320 g/mol. The molecule has 1 fully saturated rings. The smallest absolute Gasteiger partial charge is 0.264 e. The second-order valence-corrected chi connectivity index (χ2v) is 7.45. The number of carbonyl (C=O) groups is 2. The number of aryl methyl sites for hydroxylation is 1. The number of benzene rings is 1. The summed E-state index contributed by atoms with van der Waals surface area (Å²) in [6.07, 6.45) is 0. The Labute approximate surface area is 146 Å². The molecule has 2 aromatic rings. The van der Waals surface area contributed by atoms with E-state index in [1.165, 1.54) is 34.3 Å². The van der Waals surface area contributed by atoms with Crippen LogP contribution in [0, 0.1) is 6.92 Å². The molecule has 0 radical (unpaired) electrons. The van der Waals surface area contributed by atoms with E-state index in [0.717, 1.165) is 32.7 Å². The molecule has 1 aromatic carbocycles. The van der Waals surface area contributed by atoms with Crippen molar-refractivity contribution in [3.63, 3.8) is 0 Å². The van der Waals surface area contributed by atoms with Crippen LogP contribution in [0.2, 0.25) is 0 Å². The number of ketones is 1. The fourth-order valence-electron chi connectivity index (χ4n) is 3.08. The fourth-order valence-corrected chi connectivity index (χ4v) is 3.95. The molecule has 1 aromatic heterocycles. The van der Waals surface area contributed by atoms with E-state index >= 15 is 0 Å². The quantitative estimate of drug-likeness (QED) is 0.860. The van der Waals surface area contributed by atoms with Crippen molar-refractivity contribution in [3.8, 4) is 0 Å². The van der Waals surface area contributed by atoms with Crippen LogP contribution < -0.4 is 4.90 Å². The third-order valence-corrected chi connectivity index (χ3v) is 5.80. The third kappa shape index (κ3) is 3.74. The van der Waals surface area contributed by atoms with Gasteiger partial charge >= 0.3 is 0 Å². The first-order valence-corrected chi connectivity index (χ1v) is 9.14. The molecular formula is C19H23N2O2S+. The van der Waals surface area contributed by atoms with Gasteiger partial charge in [0, 0.05) is 5.56 Å². The molecule has 126 valence electrons. The summed E-state index contributed by atoms with van der Waals surface area (Å²) >= 11 is 1.30. The monoisotopic (exact) mass is 343 g/mol. The summed E-state index contributed by atoms with van der Waals surface area (Å²) in [7, 11) is 0. The first kappa shape index (κ1) is 16.9. The second-order valence-electron chi connectivity index (χ2n) is 6.37. The summed E-state index contributed by atoms with van der Waals surface area (Å²) in [5.41, 5.74) is 2.72. The van der Waals surface area contributed by atoms with Gasteiger partial charge in [0.2, 0.25) is 0 Å². The highest BCUT2D eigenvalue weighted by Gasteiger charge is 2.26. The van der Waals surface area contributed by atoms with Crippen LogP contribution in [0.4, 0.5) is 0 Å². The number of thiophene rings is 1. The lowest BCUT2D eigenvalue weighted by Gasteiger charge is -2.32. The SMILES string of the molecule is CC(=O)c1ccc(C(=O)N2CC[NH+](Cc3ccccc3C)CC2)s1. The van der Waals surface area contributed by atoms with Gasteiger partial charge in [-0.3, -0.25) is 9.59 Å². The Kier molecular flexibility index (Phi) is 5.11. The van der Waals surface area contributed by atoms with Gasteiger partial charge in [-0.1, -0.05) is 24.3 Å². The van der Waals surface area contributed by atoms with Crippen LogP contribution in [0.3, 0.4) is 0 Å². The van der Waals surface area contributed by atoms with E-state index in [0.29, 0.717) is 9.75 Å². The average molecular weight is 343 g/mol. The molecule has 0 bridgehead atoms. The molecule has 24 heavy (non-hydrogen) atoms. The van der Waals surface area contributed by atoms with Crippen LogP contribution >= 0.6 is 11.3 Å². The zero-order chi connectivity index (χ0) is 17.1. The van der Waals surface area contributed by atoms with Crippen molar-refractivity contribution in [2.75, 3.05) is 26.2 Å². The van der Waals surface area contributed by atoms with E-state index in [1.807, 2.05) is 4.90 Å². The van der Waals surface area contributed by atoms with Gasteiger partial charge in [0.05, 0.1) is 35.9 Å². The van der Waals surface area contributed by atoms with E-state index < -0.39 is 0 Å². The lowest BCUT2D eigenvalue weighted by atomic mass is 10.1. The zero-order valence-electron chi connectivity index (χ0n) is 14.2. The highest BCUT2D eigenvalue weighted by atomic mass is 32.1. The maximum atomic E-state index is 12.6. The number of hydrogen-bond acceptors (Lipinski definition) is 3. The largest absolute Gasteiger partial charge is 0.328 e. The summed E-state index contributed by atoms with van der Waals surface area (Å²) in [6, 6.07) is 12.0. The minimum atomic E-state index is 0.0199. The van der Waals surface area contributed by atoms with Crippen LogP contribution in [-0.2, 0) is 6.54 Å². The number of nitrogens with zero attached hydrogens (tertiary/aromatic N) is 1. The molecule has 4 nitrogen and oxygen atoms in total. The number of hydrogen-bond donors (Lipinski definition) is 1. The van der Waals surface area contributed by atoms with E-state index in [2.05, 4.69) is 31.2 Å². The van der Waals surface area contributed by atoms with E-state index in [-0.39, 0.29) is 11.7 Å². The number of rotatable bonds is 4. The van der Waals surface area contributed by atoms with Crippen molar-refractivity contribution < 1.29 is 14.5 Å². The van der Waals surface area contributed by atoms with Crippen LogP contribution in [0.5, 0.6) is 0 Å². The first-order chi connectivity index (χ1) is 11.5. The maximum absolute atomic E-state index is 12.6. The predicted molar refractivity (Wildman–Crippen MR) is 95.8 cm³/mol. The number of piperazine rings is 1. The molecule has 3 rings (SSSR count). The number of quaternary nitrogens is 1. The van der Waals surface area contributed by atoms with Crippen molar-refractivity contribution in [1.82, 2.24) is 4.90 Å². The number of nitrogens with one attached hydrogen (secondary N) is 1. The Bertz CT molecular complexity index is 745. The molecule has 1 aliphatic rings.